The van der Waals surface area contributed by atoms with E-state index in [0.717, 1.165) is 5.56 Å². The monoisotopic (exact) mass is 290 g/mol. The molecular formula is C15H12ClFN2O. The van der Waals surface area contributed by atoms with Gasteiger partial charge in [-0.05, 0) is 37.3 Å². The van der Waals surface area contributed by atoms with E-state index in [1.165, 1.54) is 24.3 Å². The van der Waals surface area contributed by atoms with Gasteiger partial charge in [0, 0.05) is 16.1 Å². The zero-order chi connectivity index (χ0) is 14.5. The van der Waals surface area contributed by atoms with Crippen molar-refractivity contribution in [3.8, 4) is 0 Å². The molecule has 0 fully saturated rings. The predicted molar refractivity (Wildman–Crippen MR) is 77.5 cm³/mol. The van der Waals surface area contributed by atoms with Crippen molar-refractivity contribution in [3.05, 3.63) is 70.5 Å². The molecule has 0 atom stereocenters. The fourth-order valence-corrected chi connectivity index (χ4v) is 1.89. The largest absolute Gasteiger partial charge is 0.271 e. The highest BCUT2D eigenvalue weighted by Crippen LogP contribution is 2.15. The first-order valence-corrected chi connectivity index (χ1v) is 6.31. The number of rotatable bonds is 3. The molecule has 20 heavy (non-hydrogen) atoms. The maximum Gasteiger partial charge on any atom is 0.271 e. The molecule has 0 saturated carbocycles. The van der Waals surface area contributed by atoms with Crippen LogP contribution in [0.25, 0.3) is 0 Å². The Labute approximate surface area is 121 Å². The molecule has 0 aliphatic heterocycles. The predicted octanol–water partition coefficient (Wildman–Crippen LogP) is 3.63. The summed E-state index contributed by atoms with van der Waals surface area (Å²) in [6.45, 7) is 1.74. The molecule has 1 N–H and O–H groups in total. The Hall–Kier alpha value is -2.20. The Morgan fingerprint density at radius 2 is 1.80 bits per heavy atom. The second kappa shape index (κ2) is 6.30. The van der Waals surface area contributed by atoms with E-state index in [4.69, 9.17) is 11.6 Å². The van der Waals surface area contributed by atoms with Crippen LogP contribution in [0.5, 0.6) is 0 Å². The van der Waals surface area contributed by atoms with Crippen molar-refractivity contribution in [2.45, 2.75) is 6.92 Å². The molecule has 0 saturated heterocycles. The second-order valence-electron chi connectivity index (χ2n) is 4.12. The molecule has 2 aromatic carbocycles. The highest BCUT2D eigenvalue weighted by atomic mass is 35.5. The minimum Gasteiger partial charge on any atom is -0.267 e. The Morgan fingerprint density at radius 3 is 2.45 bits per heavy atom. The fourth-order valence-electron chi connectivity index (χ4n) is 1.62. The van der Waals surface area contributed by atoms with Gasteiger partial charge in [-0.3, -0.25) is 4.79 Å². The third-order valence-corrected chi connectivity index (χ3v) is 3.02. The molecule has 3 nitrogen and oxygen atoms in total. The summed E-state index contributed by atoms with van der Waals surface area (Å²) in [7, 11) is 0. The Balaban J connectivity index is 2.11. The molecule has 0 aliphatic carbocycles. The highest BCUT2D eigenvalue weighted by molar-refractivity contribution is 6.34. The number of nitrogens with zero attached hydrogens (tertiary/aromatic N) is 1. The van der Waals surface area contributed by atoms with E-state index in [1.54, 1.807) is 13.0 Å². The van der Waals surface area contributed by atoms with E-state index in [-0.39, 0.29) is 0 Å². The summed E-state index contributed by atoms with van der Waals surface area (Å²) in [6, 6.07) is 12.4. The molecule has 102 valence electrons. The van der Waals surface area contributed by atoms with Crippen LogP contribution in [0.3, 0.4) is 0 Å². The van der Waals surface area contributed by atoms with E-state index >= 15 is 0 Å². The minimum atomic E-state index is -0.406. The number of carbonyl (C=O) groups is 1. The van der Waals surface area contributed by atoms with E-state index in [0.29, 0.717) is 16.3 Å². The molecule has 0 bridgehead atoms. The van der Waals surface area contributed by atoms with Gasteiger partial charge in [-0.1, -0.05) is 29.8 Å². The lowest BCUT2D eigenvalue weighted by Gasteiger charge is -2.04. The summed E-state index contributed by atoms with van der Waals surface area (Å²) in [6.07, 6.45) is 0. The van der Waals surface area contributed by atoms with Gasteiger partial charge < -0.3 is 0 Å². The average molecular weight is 291 g/mol. The average Bonchev–Trinajstić information content (AvgIpc) is 2.45. The number of halogens is 2. The number of carbonyl (C=O) groups excluding carboxylic acids is 1. The van der Waals surface area contributed by atoms with Crippen molar-refractivity contribution in [3.63, 3.8) is 0 Å². The van der Waals surface area contributed by atoms with Crippen LogP contribution in [0.1, 0.15) is 22.8 Å². The minimum absolute atomic E-state index is 0.335. The molecule has 0 unspecified atom stereocenters. The number of amides is 1. The van der Waals surface area contributed by atoms with Crippen LogP contribution < -0.4 is 5.43 Å². The molecule has 0 spiro atoms. The van der Waals surface area contributed by atoms with E-state index in [9.17, 15) is 9.18 Å². The van der Waals surface area contributed by atoms with Gasteiger partial charge in [0.2, 0.25) is 0 Å². The van der Waals surface area contributed by atoms with E-state index in [1.807, 2.05) is 18.2 Å². The number of hydrogen-bond donors (Lipinski definition) is 1. The Morgan fingerprint density at radius 1 is 1.15 bits per heavy atom. The summed E-state index contributed by atoms with van der Waals surface area (Å²) in [5, 5.41) is 4.55. The van der Waals surface area contributed by atoms with Crippen LogP contribution in [-0.2, 0) is 0 Å². The molecule has 2 rings (SSSR count). The van der Waals surface area contributed by atoms with Crippen molar-refractivity contribution in [1.82, 2.24) is 5.43 Å². The van der Waals surface area contributed by atoms with E-state index < -0.39 is 11.7 Å². The molecular weight excluding hydrogens is 279 g/mol. The van der Waals surface area contributed by atoms with Gasteiger partial charge in [-0.2, -0.15) is 5.10 Å². The van der Waals surface area contributed by atoms with Gasteiger partial charge in [0.25, 0.3) is 5.91 Å². The zero-order valence-corrected chi connectivity index (χ0v) is 11.5. The lowest BCUT2D eigenvalue weighted by molar-refractivity contribution is 0.0955. The number of hydrogen-bond acceptors (Lipinski definition) is 2. The van der Waals surface area contributed by atoms with Crippen LogP contribution >= 0.6 is 11.6 Å². The van der Waals surface area contributed by atoms with Crippen molar-refractivity contribution in [1.29, 1.82) is 0 Å². The fraction of sp³-hybridized carbons (Fsp3) is 0.0667. The number of benzene rings is 2. The summed E-state index contributed by atoms with van der Waals surface area (Å²) in [5.74, 6) is -0.797. The summed E-state index contributed by atoms with van der Waals surface area (Å²) < 4.78 is 12.8. The van der Waals surface area contributed by atoms with Crippen LogP contribution in [0.15, 0.2) is 53.6 Å². The van der Waals surface area contributed by atoms with Gasteiger partial charge in [-0.25, -0.2) is 9.82 Å². The maximum absolute atomic E-state index is 12.8. The topological polar surface area (TPSA) is 41.5 Å². The number of nitrogens with one attached hydrogen (secondary N) is 1. The Kier molecular flexibility index (Phi) is 4.48. The van der Waals surface area contributed by atoms with Crippen molar-refractivity contribution < 1.29 is 9.18 Å². The van der Waals surface area contributed by atoms with Crippen LogP contribution in [0.4, 0.5) is 4.39 Å². The lowest BCUT2D eigenvalue weighted by Crippen LogP contribution is -2.19. The quantitative estimate of drug-likeness (QED) is 0.680. The molecule has 0 heterocycles. The van der Waals surface area contributed by atoms with Gasteiger partial charge in [0.1, 0.15) is 5.82 Å². The molecule has 2 aromatic rings. The first-order valence-electron chi connectivity index (χ1n) is 5.93. The van der Waals surface area contributed by atoms with Crippen molar-refractivity contribution in [2.24, 2.45) is 5.10 Å². The first kappa shape index (κ1) is 14.2. The number of hydrazone groups is 1. The molecule has 0 radical (unpaired) electrons. The Bertz CT molecular complexity index is 653. The molecule has 0 aromatic heterocycles. The SMILES string of the molecule is C/C(=N/NC(=O)c1ccc(F)cc1)c1ccccc1Cl. The van der Waals surface area contributed by atoms with Gasteiger partial charge >= 0.3 is 0 Å². The van der Waals surface area contributed by atoms with Gasteiger partial charge in [0.15, 0.2) is 0 Å². The van der Waals surface area contributed by atoms with Gasteiger partial charge in [-0.15, -0.1) is 0 Å². The molecule has 5 heteroatoms. The summed E-state index contributed by atoms with van der Waals surface area (Å²) >= 11 is 6.03. The first-order chi connectivity index (χ1) is 9.58. The highest BCUT2D eigenvalue weighted by Gasteiger charge is 2.06. The van der Waals surface area contributed by atoms with Crippen LogP contribution in [-0.4, -0.2) is 11.6 Å². The van der Waals surface area contributed by atoms with Crippen LogP contribution in [0.2, 0.25) is 5.02 Å². The standard InChI is InChI=1S/C15H12ClFN2O/c1-10(13-4-2-3-5-14(13)16)18-19-15(20)11-6-8-12(17)9-7-11/h2-9H,1H3,(H,19,20)/b18-10-. The summed E-state index contributed by atoms with van der Waals surface area (Å²) in [5.41, 5.74) is 4.08. The van der Waals surface area contributed by atoms with Crippen molar-refractivity contribution >= 4 is 23.2 Å². The zero-order valence-electron chi connectivity index (χ0n) is 10.7. The van der Waals surface area contributed by atoms with Gasteiger partial charge in [0.05, 0.1) is 5.71 Å². The van der Waals surface area contributed by atoms with Crippen molar-refractivity contribution in [2.75, 3.05) is 0 Å². The maximum atomic E-state index is 12.8. The smallest absolute Gasteiger partial charge is 0.267 e. The molecule has 0 aliphatic rings. The second-order valence-corrected chi connectivity index (χ2v) is 4.53. The summed E-state index contributed by atoms with van der Waals surface area (Å²) in [4.78, 5) is 11.8. The normalized spacial score (nSPS) is 11.2. The van der Waals surface area contributed by atoms with Crippen LogP contribution in [0, 0.1) is 5.82 Å². The molecule has 1 amide bonds. The lowest BCUT2D eigenvalue weighted by atomic mass is 10.1. The third-order valence-electron chi connectivity index (χ3n) is 2.70. The van der Waals surface area contributed by atoms with E-state index in [2.05, 4.69) is 10.5 Å². The third kappa shape index (κ3) is 3.42.